The van der Waals surface area contributed by atoms with Crippen molar-refractivity contribution >= 4 is 0 Å². The number of fused-ring (bicyclic) bond motifs is 6. The molecule has 6 fully saturated rings. The highest BCUT2D eigenvalue weighted by molar-refractivity contribution is 5.28. The molecule has 6 aliphatic rings. The Hall–Kier alpha value is -1.31. The summed E-state index contributed by atoms with van der Waals surface area (Å²) in [7, 11) is 0. The number of halogens is 7. The van der Waals surface area contributed by atoms with Crippen molar-refractivity contribution < 1.29 is 35.5 Å². The molecule has 184 valence electrons. The van der Waals surface area contributed by atoms with E-state index in [-0.39, 0.29) is 36.7 Å². The Morgan fingerprint density at radius 2 is 1.39 bits per heavy atom. The number of aryl methyl sites for hydroxylation is 1. The first-order valence-corrected chi connectivity index (χ1v) is 11.8. The van der Waals surface area contributed by atoms with Crippen LogP contribution in [0.4, 0.5) is 30.7 Å². The Balaban J connectivity index is 1.47. The van der Waals surface area contributed by atoms with Crippen LogP contribution in [0.1, 0.15) is 82.3 Å². The first-order chi connectivity index (χ1) is 15.2. The fourth-order valence-corrected chi connectivity index (χ4v) is 7.57. The van der Waals surface area contributed by atoms with Gasteiger partial charge in [-0.3, -0.25) is 0 Å². The minimum Gasteiger partial charge on any atom is -0.306 e. The molecule has 0 heterocycles. The monoisotopic (exact) mass is 478 g/mol. The highest BCUT2D eigenvalue weighted by atomic mass is 19.3. The van der Waals surface area contributed by atoms with Gasteiger partial charge in [0.25, 0.3) is 5.92 Å². The predicted octanol–water partition coefficient (Wildman–Crippen LogP) is 7.99. The number of hydrogen-bond acceptors (Lipinski definition) is 1. The molecule has 0 saturated heterocycles. The fraction of sp³-hybridized carbons (Fsp3) is 0.760. The van der Waals surface area contributed by atoms with Crippen molar-refractivity contribution in [3.05, 3.63) is 34.9 Å². The van der Waals surface area contributed by atoms with Gasteiger partial charge in [-0.25, -0.2) is 22.0 Å². The van der Waals surface area contributed by atoms with Gasteiger partial charge in [-0.1, -0.05) is 13.0 Å². The molecule has 0 N–H and O–H groups in total. The largest absolute Gasteiger partial charge is 0.386 e. The standard InChI is InChI=1S/C25H29F7O/c1-15-3-4-16(18(27)17(15)26)25(31,32)33-22-11-13-23(14-12-22,24(29,30)19(22)28)21-8-5-20(2,6-9-21)7-10-21/h3-4,19H,5-14H2,1-2H3. The zero-order valence-electron chi connectivity index (χ0n) is 18.9. The van der Waals surface area contributed by atoms with E-state index in [4.69, 9.17) is 4.74 Å². The molecule has 0 aromatic heterocycles. The van der Waals surface area contributed by atoms with E-state index in [1.807, 2.05) is 0 Å². The van der Waals surface area contributed by atoms with Crippen molar-refractivity contribution in [2.45, 2.75) is 102 Å². The van der Waals surface area contributed by atoms with Crippen molar-refractivity contribution in [1.29, 1.82) is 0 Å². The molecule has 7 rings (SSSR count). The molecule has 1 nitrogen and oxygen atoms in total. The Labute approximate surface area is 189 Å². The van der Waals surface area contributed by atoms with E-state index in [1.54, 1.807) is 0 Å². The summed E-state index contributed by atoms with van der Waals surface area (Å²) >= 11 is 0. The van der Waals surface area contributed by atoms with Crippen LogP contribution in [-0.4, -0.2) is 17.7 Å². The van der Waals surface area contributed by atoms with Crippen molar-refractivity contribution in [2.75, 3.05) is 0 Å². The highest BCUT2D eigenvalue weighted by Gasteiger charge is 2.79. The van der Waals surface area contributed by atoms with Gasteiger partial charge in [0.2, 0.25) is 0 Å². The number of hydrogen-bond donors (Lipinski definition) is 0. The van der Waals surface area contributed by atoms with Crippen molar-refractivity contribution in [3.63, 3.8) is 0 Å². The summed E-state index contributed by atoms with van der Waals surface area (Å²) in [6, 6.07) is 1.61. The van der Waals surface area contributed by atoms with E-state index in [2.05, 4.69) is 6.92 Å². The van der Waals surface area contributed by atoms with Gasteiger partial charge in [-0.15, -0.1) is 0 Å². The molecule has 0 spiro atoms. The lowest BCUT2D eigenvalue weighted by Crippen LogP contribution is -2.73. The van der Waals surface area contributed by atoms with Gasteiger partial charge in [0.05, 0.1) is 5.56 Å². The number of ether oxygens (including phenoxy) is 1. The molecule has 4 bridgehead atoms. The smallest absolute Gasteiger partial charge is 0.306 e. The van der Waals surface area contributed by atoms with Gasteiger partial charge in [-0.2, -0.15) is 8.78 Å². The minimum absolute atomic E-state index is 0.113. The number of benzene rings is 1. The summed E-state index contributed by atoms with van der Waals surface area (Å²) in [5, 5.41) is 0. The van der Waals surface area contributed by atoms with Crippen molar-refractivity contribution in [2.24, 2.45) is 16.2 Å². The van der Waals surface area contributed by atoms with Crippen LogP contribution < -0.4 is 0 Å². The van der Waals surface area contributed by atoms with E-state index in [1.165, 1.54) is 6.92 Å². The van der Waals surface area contributed by atoms with Crippen LogP contribution in [0.25, 0.3) is 0 Å². The molecule has 0 radical (unpaired) electrons. The SMILES string of the molecule is Cc1ccc(C(F)(F)OC23CCC(C45CCC(C)(CC4)CC5)(CC2)C(F)(F)C3F)c(F)c1F. The van der Waals surface area contributed by atoms with E-state index in [0.29, 0.717) is 25.3 Å². The Kier molecular flexibility index (Phi) is 4.89. The van der Waals surface area contributed by atoms with E-state index >= 15 is 13.2 Å². The molecular weight excluding hydrogens is 449 g/mol. The van der Waals surface area contributed by atoms with Gasteiger partial charge in [-0.05, 0) is 93.6 Å². The predicted molar refractivity (Wildman–Crippen MR) is 108 cm³/mol. The van der Waals surface area contributed by atoms with Crippen LogP contribution >= 0.6 is 0 Å². The molecule has 1 atom stereocenters. The zero-order valence-corrected chi connectivity index (χ0v) is 18.9. The van der Waals surface area contributed by atoms with Crippen molar-refractivity contribution in [1.82, 2.24) is 0 Å². The van der Waals surface area contributed by atoms with Gasteiger partial charge >= 0.3 is 6.11 Å². The third kappa shape index (κ3) is 2.94. The fourth-order valence-electron chi connectivity index (χ4n) is 7.57. The summed E-state index contributed by atoms with van der Waals surface area (Å²) in [6.45, 7) is 3.37. The van der Waals surface area contributed by atoms with E-state index < -0.39 is 51.8 Å². The van der Waals surface area contributed by atoms with Gasteiger partial charge in [0, 0.05) is 5.41 Å². The maximum Gasteiger partial charge on any atom is 0.386 e. The molecule has 1 aromatic carbocycles. The van der Waals surface area contributed by atoms with E-state index in [9.17, 15) is 17.6 Å². The lowest BCUT2D eigenvalue weighted by Gasteiger charge is -2.69. The van der Waals surface area contributed by atoms with Crippen LogP contribution in [0.3, 0.4) is 0 Å². The summed E-state index contributed by atoms with van der Waals surface area (Å²) < 4.78 is 110. The van der Waals surface area contributed by atoms with Crippen molar-refractivity contribution in [3.8, 4) is 0 Å². The van der Waals surface area contributed by atoms with Crippen LogP contribution in [0.2, 0.25) is 0 Å². The molecule has 6 aliphatic carbocycles. The summed E-state index contributed by atoms with van der Waals surface area (Å²) in [5.74, 6) is -7.13. The van der Waals surface area contributed by atoms with Gasteiger partial charge in [0.1, 0.15) is 5.60 Å². The third-order valence-electron chi connectivity index (χ3n) is 9.93. The molecule has 1 unspecified atom stereocenters. The second-order valence-corrected chi connectivity index (χ2v) is 11.4. The lowest BCUT2D eigenvalue weighted by atomic mass is 9.38. The normalized spacial score (nSPS) is 42.0. The van der Waals surface area contributed by atoms with Crippen LogP contribution in [0.15, 0.2) is 12.1 Å². The van der Waals surface area contributed by atoms with Crippen LogP contribution in [0, 0.1) is 34.8 Å². The lowest BCUT2D eigenvalue weighted by molar-refractivity contribution is -0.394. The quantitative estimate of drug-likeness (QED) is 0.399. The van der Waals surface area contributed by atoms with Gasteiger partial charge in [0.15, 0.2) is 17.8 Å². The Bertz CT molecular complexity index is 939. The maximum atomic E-state index is 15.9. The Morgan fingerprint density at radius 1 is 0.848 bits per heavy atom. The Morgan fingerprint density at radius 3 is 1.94 bits per heavy atom. The highest BCUT2D eigenvalue weighted by Crippen LogP contribution is 2.75. The molecule has 0 aliphatic heterocycles. The molecule has 8 heteroatoms. The zero-order chi connectivity index (χ0) is 24.1. The summed E-state index contributed by atoms with van der Waals surface area (Å²) in [5.41, 5.74) is -6.17. The van der Waals surface area contributed by atoms with Gasteiger partial charge < -0.3 is 4.74 Å². The average Bonchev–Trinajstić information content (AvgIpc) is 2.76. The minimum atomic E-state index is -4.45. The first kappa shape index (κ1) is 23.4. The molecule has 1 aromatic rings. The number of rotatable bonds is 4. The topological polar surface area (TPSA) is 9.23 Å². The van der Waals surface area contributed by atoms with Crippen LogP contribution in [0.5, 0.6) is 0 Å². The summed E-state index contributed by atoms with van der Waals surface area (Å²) in [4.78, 5) is 0. The average molecular weight is 478 g/mol. The van der Waals surface area contributed by atoms with Crippen LogP contribution in [-0.2, 0) is 10.8 Å². The number of alkyl halides is 5. The molecule has 33 heavy (non-hydrogen) atoms. The molecule has 6 saturated carbocycles. The maximum absolute atomic E-state index is 15.9. The second-order valence-electron chi connectivity index (χ2n) is 11.4. The summed E-state index contributed by atoms with van der Waals surface area (Å²) in [6.07, 6.45) is -3.96. The second kappa shape index (κ2) is 6.88. The third-order valence-corrected chi connectivity index (χ3v) is 9.93. The van der Waals surface area contributed by atoms with E-state index in [0.717, 1.165) is 25.3 Å². The first-order valence-electron chi connectivity index (χ1n) is 11.8. The molecular formula is C25H29F7O. The molecule has 0 amide bonds.